The van der Waals surface area contributed by atoms with Gasteiger partial charge in [-0.15, -0.1) is 0 Å². The zero-order chi connectivity index (χ0) is 16.4. The monoisotopic (exact) mass is 307 g/mol. The zero-order valence-electron chi connectivity index (χ0n) is 10.4. The Bertz CT molecular complexity index is 615. The fourth-order valence-corrected chi connectivity index (χ4v) is 1.49. The molecule has 0 aliphatic carbocycles. The summed E-state index contributed by atoms with van der Waals surface area (Å²) in [6.07, 6.45) is -4.67. The molecule has 0 unspecified atom stereocenters. The van der Waals surface area contributed by atoms with Crippen LogP contribution in [-0.2, 0) is 0 Å². The van der Waals surface area contributed by atoms with Gasteiger partial charge in [0.25, 0.3) is 17.3 Å². The number of nitro benzene ring substituents is 2. The number of carbonyl (C=O) groups is 1. The predicted octanol–water partition coefficient (Wildman–Crippen LogP) is 2.10. The van der Waals surface area contributed by atoms with Crippen molar-refractivity contribution in [2.75, 3.05) is 6.54 Å². The van der Waals surface area contributed by atoms with Crippen LogP contribution in [0.4, 0.5) is 24.5 Å². The van der Waals surface area contributed by atoms with Crippen LogP contribution in [-0.4, -0.2) is 28.5 Å². The minimum atomic E-state index is -4.67. The van der Waals surface area contributed by atoms with Gasteiger partial charge in [0.1, 0.15) is 6.54 Å². The molecule has 8 nitrogen and oxygen atoms in total. The minimum absolute atomic E-state index is 0.259. The molecule has 0 spiro atoms. The van der Waals surface area contributed by atoms with Crippen molar-refractivity contribution in [3.63, 3.8) is 0 Å². The van der Waals surface area contributed by atoms with Crippen LogP contribution in [0.1, 0.15) is 15.9 Å². The van der Waals surface area contributed by atoms with Gasteiger partial charge in [-0.05, 0) is 6.92 Å². The van der Waals surface area contributed by atoms with E-state index in [1.54, 1.807) is 0 Å². The quantitative estimate of drug-likeness (QED) is 0.675. The van der Waals surface area contributed by atoms with E-state index in [0.717, 1.165) is 6.92 Å². The van der Waals surface area contributed by atoms with E-state index in [-0.39, 0.29) is 5.56 Å². The minimum Gasteiger partial charge on any atom is -0.343 e. The summed E-state index contributed by atoms with van der Waals surface area (Å²) < 4.78 is 36.0. The first kappa shape index (κ1) is 16.3. The molecule has 0 aliphatic rings. The topological polar surface area (TPSA) is 115 Å². The molecule has 21 heavy (non-hydrogen) atoms. The lowest BCUT2D eigenvalue weighted by Crippen LogP contribution is -2.34. The van der Waals surface area contributed by atoms with E-state index in [2.05, 4.69) is 0 Å². The number of non-ortho nitro benzene ring substituents is 1. The molecule has 0 atom stereocenters. The number of rotatable bonds is 4. The maximum atomic E-state index is 12.0. The van der Waals surface area contributed by atoms with Crippen LogP contribution >= 0.6 is 0 Å². The van der Waals surface area contributed by atoms with Crippen LogP contribution in [0, 0.1) is 27.2 Å². The lowest BCUT2D eigenvalue weighted by atomic mass is 10.0. The molecule has 1 aromatic carbocycles. The molecule has 114 valence electrons. The summed E-state index contributed by atoms with van der Waals surface area (Å²) in [7, 11) is 0. The highest BCUT2D eigenvalue weighted by Gasteiger charge is 2.30. The summed E-state index contributed by atoms with van der Waals surface area (Å²) in [5, 5.41) is 22.9. The van der Waals surface area contributed by atoms with E-state index in [4.69, 9.17) is 0 Å². The second-order valence-electron chi connectivity index (χ2n) is 3.95. The molecule has 1 rings (SSSR count). The van der Waals surface area contributed by atoms with Gasteiger partial charge in [0.05, 0.1) is 21.5 Å². The van der Waals surface area contributed by atoms with Crippen LogP contribution in [0.5, 0.6) is 0 Å². The second-order valence-corrected chi connectivity index (χ2v) is 3.95. The molecule has 0 aliphatic heterocycles. The normalized spacial score (nSPS) is 11.0. The number of nitrogens with one attached hydrogen (secondary N) is 1. The molecule has 0 aromatic heterocycles. The zero-order valence-corrected chi connectivity index (χ0v) is 10.4. The Morgan fingerprint density at radius 1 is 1.24 bits per heavy atom. The Balaban J connectivity index is 3.25. The third-order valence-corrected chi connectivity index (χ3v) is 2.47. The number of halogens is 3. The third kappa shape index (κ3) is 4.12. The molecule has 11 heteroatoms. The third-order valence-electron chi connectivity index (χ3n) is 2.47. The first-order chi connectivity index (χ1) is 9.53. The van der Waals surface area contributed by atoms with E-state index >= 15 is 0 Å². The molecule has 0 saturated heterocycles. The molecular weight excluding hydrogens is 299 g/mol. The molecule has 0 heterocycles. The Morgan fingerprint density at radius 2 is 1.81 bits per heavy atom. The van der Waals surface area contributed by atoms with Crippen LogP contribution < -0.4 is 5.32 Å². The highest BCUT2D eigenvalue weighted by molar-refractivity contribution is 5.97. The molecule has 0 fully saturated rings. The molecule has 0 saturated carbocycles. The van der Waals surface area contributed by atoms with Crippen molar-refractivity contribution < 1.29 is 27.8 Å². The Hall–Kier alpha value is -2.72. The number of benzene rings is 1. The summed E-state index contributed by atoms with van der Waals surface area (Å²) in [6, 6.07) is 1.32. The van der Waals surface area contributed by atoms with E-state index < -0.39 is 45.4 Å². The number of nitro groups is 2. The van der Waals surface area contributed by atoms with Crippen molar-refractivity contribution in [2.45, 2.75) is 13.1 Å². The van der Waals surface area contributed by atoms with Gasteiger partial charge in [-0.25, -0.2) is 0 Å². The smallest absolute Gasteiger partial charge is 0.343 e. The number of amides is 1. The van der Waals surface area contributed by atoms with Crippen molar-refractivity contribution in [1.29, 1.82) is 0 Å². The van der Waals surface area contributed by atoms with Gasteiger partial charge in [0.15, 0.2) is 0 Å². The van der Waals surface area contributed by atoms with Crippen LogP contribution in [0.25, 0.3) is 0 Å². The van der Waals surface area contributed by atoms with Crippen LogP contribution in [0.2, 0.25) is 0 Å². The summed E-state index contributed by atoms with van der Waals surface area (Å²) in [6.45, 7) is -0.536. The fraction of sp³-hybridized carbons (Fsp3) is 0.300. The van der Waals surface area contributed by atoms with Crippen molar-refractivity contribution in [3.05, 3.63) is 43.5 Å². The van der Waals surface area contributed by atoms with Gasteiger partial charge in [-0.2, -0.15) is 13.2 Å². The van der Waals surface area contributed by atoms with Gasteiger partial charge in [-0.3, -0.25) is 25.0 Å². The lowest BCUT2D eigenvalue weighted by Gasteiger charge is -2.10. The van der Waals surface area contributed by atoms with Gasteiger partial charge in [-0.1, -0.05) is 0 Å². The van der Waals surface area contributed by atoms with E-state index in [1.807, 2.05) is 0 Å². The Kier molecular flexibility index (Phi) is 4.45. The molecular formula is C10H8F3N3O5. The van der Waals surface area contributed by atoms with Crippen molar-refractivity contribution >= 4 is 17.3 Å². The predicted molar refractivity (Wildman–Crippen MR) is 62.9 cm³/mol. The van der Waals surface area contributed by atoms with Gasteiger partial charge >= 0.3 is 6.18 Å². The molecule has 0 bridgehead atoms. The highest BCUT2D eigenvalue weighted by Crippen LogP contribution is 2.28. The summed E-state index contributed by atoms with van der Waals surface area (Å²) in [5.74, 6) is -1.28. The molecule has 1 amide bonds. The maximum absolute atomic E-state index is 12.0. The van der Waals surface area contributed by atoms with E-state index in [9.17, 15) is 38.2 Å². The molecule has 1 N–H and O–H groups in total. The van der Waals surface area contributed by atoms with Crippen LogP contribution in [0.15, 0.2) is 12.1 Å². The van der Waals surface area contributed by atoms with E-state index in [0.29, 0.717) is 12.1 Å². The number of carbonyl (C=O) groups excluding carboxylic acids is 1. The summed E-state index contributed by atoms with van der Waals surface area (Å²) >= 11 is 0. The first-order valence-electron chi connectivity index (χ1n) is 5.31. The fourth-order valence-electron chi connectivity index (χ4n) is 1.49. The standard InChI is InChI=1S/C10H8F3N3O5/c1-5-7(9(17)14-4-10(11,12)13)2-6(15(18)19)3-8(5)16(20)21/h2-3H,4H2,1H3,(H,14,17). The van der Waals surface area contributed by atoms with Crippen molar-refractivity contribution in [2.24, 2.45) is 0 Å². The second kappa shape index (κ2) is 5.73. The SMILES string of the molecule is Cc1c(C(=O)NCC(F)(F)F)cc([N+](=O)[O-])cc1[N+](=O)[O-]. The number of hydrogen-bond acceptors (Lipinski definition) is 5. The Labute approximate surface area is 114 Å². The maximum Gasteiger partial charge on any atom is 0.405 e. The molecule has 0 radical (unpaired) electrons. The lowest BCUT2D eigenvalue weighted by molar-refractivity contribution is -0.394. The van der Waals surface area contributed by atoms with Gasteiger partial charge in [0.2, 0.25) is 0 Å². The summed E-state index contributed by atoms with van der Waals surface area (Å²) in [5.41, 5.74) is -2.30. The first-order valence-corrected chi connectivity index (χ1v) is 5.31. The average molecular weight is 307 g/mol. The van der Waals surface area contributed by atoms with E-state index in [1.165, 1.54) is 5.32 Å². The van der Waals surface area contributed by atoms with Gasteiger partial charge < -0.3 is 5.32 Å². The molecule has 1 aromatic rings. The average Bonchev–Trinajstić information content (AvgIpc) is 2.34. The summed E-state index contributed by atoms with van der Waals surface area (Å²) in [4.78, 5) is 31.1. The van der Waals surface area contributed by atoms with Gasteiger partial charge in [0, 0.05) is 11.6 Å². The number of hydrogen-bond donors (Lipinski definition) is 1. The highest BCUT2D eigenvalue weighted by atomic mass is 19.4. The largest absolute Gasteiger partial charge is 0.405 e. The number of alkyl halides is 3. The van der Waals surface area contributed by atoms with Crippen molar-refractivity contribution in [3.8, 4) is 0 Å². The Morgan fingerprint density at radius 3 is 2.24 bits per heavy atom. The van der Waals surface area contributed by atoms with Crippen LogP contribution in [0.3, 0.4) is 0 Å². The van der Waals surface area contributed by atoms with Crippen molar-refractivity contribution in [1.82, 2.24) is 5.32 Å². The number of nitrogens with zero attached hydrogens (tertiary/aromatic N) is 2.